The van der Waals surface area contributed by atoms with Gasteiger partial charge < -0.3 is 18.7 Å². The standard InChI is InChI=1S/C14H23N4O6P.C4H10/c1-3-17-12-11(16(9-15-12)10-23-4-2)13(19)18(14(17)20)7-5-6-8-24-25(21)22;1-3-4-2/h9,25H,3-8,10H2,1-2H3,(H,21,22);3-4H2,1-2H3. The molecule has 2 aromatic heterocycles. The maximum atomic E-state index is 12.8. The van der Waals surface area contributed by atoms with E-state index in [1.807, 2.05) is 13.8 Å². The normalized spacial score (nSPS) is 12.0. The highest BCUT2D eigenvalue weighted by Gasteiger charge is 2.17. The summed E-state index contributed by atoms with van der Waals surface area (Å²) in [6.07, 6.45) is 5.06. The molecule has 0 saturated heterocycles. The van der Waals surface area contributed by atoms with Crippen LogP contribution in [-0.2, 0) is 33.6 Å². The van der Waals surface area contributed by atoms with Crippen LogP contribution in [0.25, 0.3) is 11.2 Å². The van der Waals surface area contributed by atoms with Crippen molar-refractivity contribution in [1.29, 1.82) is 0 Å². The third kappa shape index (κ3) is 7.22. The number of nitrogens with zero attached hydrogens (tertiary/aromatic N) is 4. The summed E-state index contributed by atoms with van der Waals surface area (Å²) in [4.78, 5) is 38.1. The first-order valence-electron chi connectivity index (χ1n) is 10.0. The second-order valence-electron chi connectivity index (χ2n) is 6.31. The highest BCUT2D eigenvalue weighted by atomic mass is 31.1. The van der Waals surface area contributed by atoms with Gasteiger partial charge in [-0.1, -0.05) is 26.7 Å². The van der Waals surface area contributed by atoms with Gasteiger partial charge in [-0.3, -0.25) is 18.5 Å². The Bertz CT molecular complexity index is 887. The van der Waals surface area contributed by atoms with Gasteiger partial charge in [-0.25, -0.2) is 9.78 Å². The van der Waals surface area contributed by atoms with E-state index in [1.165, 1.54) is 23.7 Å². The van der Waals surface area contributed by atoms with Gasteiger partial charge in [-0.2, -0.15) is 0 Å². The van der Waals surface area contributed by atoms with E-state index < -0.39 is 19.5 Å². The third-order valence-electron chi connectivity index (χ3n) is 4.24. The topological polar surface area (TPSA) is 118 Å². The molecule has 1 unspecified atom stereocenters. The first-order valence-corrected chi connectivity index (χ1v) is 11.3. The van der Waals surface area contributed by atoms with Crippen molar-refractivity contribution < 1.29 is 18.7 Å². The van der Waals surface area contributed by atoms with Crippen molar-refractivity contribution in [2.45, 2.75) is 73.2 Å². The molecular formula is C18H33N4O6P. The molecule has 0 fully saturated rings. The van der Waals surface area contributed by atoms with E-state index in [-0.39, 0.29) is 19.9 Å². The molecule has 1 atom stereocenters. The number of aryl methyl sites for hydroxylation is 1. The molecule has 0 aliphatic rings. The number of fused-ring (bicyclic) bond motifs is 1. The summed E-state index contributed by atoms with van der Waals surface area (Å²) in [5.74, 6) is 0. The minimum Gasteiger partial charge on any atom is -0.361 e. The Morgan fingerprint density at radius 3 is 2.34 bits per heavy atom. The van der Waals surface area contributed by atoms with Crippen molar-refractivity contribution in [3.8, 4) is 0 Å². The van der Waals surface area contributed by atoms with Gasteiger partial charge in [-0.15, -0.1) is 0 Å². The lowest BCUT2D eigenvalue weighted by Gasteiger charge is -2.11. The molecule has 2 heterocycles. The zero-order chi connectivity index (χ0) is 21.8. The fourth-order valence-electron chi connectivity index (χ4n) is 2.54. The Morgan fingerprint density at radius 2 is 1.79 bits per heavy atom. The summed E-state index contributed by atoms with van der Waals surface area (Å²) in [5, 5.41) is 0. The first-order chi connectivity index (χ1) is 13.9. The molecule has 2 rings (SSSR count). The molecule has 0 spiro atoms. The Hall–Kier alpha value is -1.74. The minimum atomic E-state index is -2.95. The average Bonchev–Trinajstić information content (AvgIpc) is 3.12. The molecule has 29 heavy (non-hydrogen) atoms. The molecule has 0 radical (unpaired) electrons. The smallest absolute Gasteiger partial charge is 0.332 e. The minimum absolute atomic E-state index is 0.107. The molecule has 10 nitrogen and oxygen atoms in total. The number of hydrogen-bond acceptors (Lipinski definition) is 6. The fourth-order valence-corrected chi connectivity index (χ4v) is 2.86. The van der Waals surface area contributed by atoms with Gasteiger partial charge in [0.15, 0.2) is 11.2 Å². The van der Waals surface area contributed by atoms with Gasteiger partial charge in [-0.05, 0) is 26.7 Å². The molecular weight excluding hydrogens is 399 g/mol. The maximum absolute atomic E-state index is 12.8. The lowest BCUT2D eigenvalue weighted by molar-refractivity contribution is 0.0903. The number of hydrogen-bond donors (Lipinski definition) is 1. The monoisotopic (exact) mass is 432 g/mol. The average molecular weight is 432 g/mol. The molecule has 0 amide bonds. The molecule has 0 aliphatic heterocycles. The number of rotatable bonds is 11. The van der Waals surface area contributed by atoms with Crippen LogP contribution in [0.1, 0.15) is 53.4 Å². The van der Waals surface area contributed by atoms with Crippen LogP contribution in [0.5, 0.6) is 0 Å². The molecule has 0 saturated carbocycles. The zero-order valence-corrected chi connectivity index (χ0v) is 18.7. The Morgan fingerprint density at radius 1 is 1.10 bits per heavy atom. The predicted molar refractivity (Wildman–Crippen MR) is 113 cm³/mol. The summed E-state index contributed by atoms with van der Waals surface area (Å²) in [7, 11) is -2.95. The Balaban J connectivity index is 0.000000960. The first kappa shape index (κ1) is 25.3. The quantitative estimate of drug-likeness (QED) is 0.428. The van der Waals surface area contributed by atoms with Crippen LogP contribution in [-0.4, -0.2) is 36.8 Å². The molecule has 11 heteroatoms. The second-order valence-corrected chi connectivity index (χ2v) is 7.13. The van der Waals surface area contributed by atoms with E-state index in [0.29, 0.717) is 37.2 Å². The van der Waals surface area contributed by atoms with E-state index in [2.05, 4.69) is 23.4 Å². The van der Waals surface area contributed by atoms with Gasteiger partial charge in [0.25, 0.3) is 5.56 Å². The van der Waals surface area contributed by atoms with Gasteiger partial charge >= 0.3 is 13.9 Å². The second kappa shape index (κ2) is 13.5. The molecule has 0 aliphatic carbocycles. The van der Waals surface area contributed by atoms with E-state index in [0.717, 1.165) is 4.57 Å². The Kier molecular flexibility index (Phi) is 11.8. The van der Waals surface area contributed by atoms with Crippen LogP contribution in [0, 0.1) is 0 Å². The van der Waals surface area contributed by atoms with Crippen molar-refractivity contribution in [2.75, 3.05) is 13.2 Å². The van der Waals surface area contributed by atoms with Crippen LogP contribution in [0.3, 0.4) is 0 Å². The van der Waals surface area contributed by atoms with E-state index >= 15 is 0 Å². The van der Waals surface area contributed by atoms with Crippen LogP contribution >= 0.6 is 8.25 Å². The van der Waals surface area contributed by atoms with Gasteiger partial charge in [0.2, 0.25) is 0 Å². The van der Waals surface area contributed by atoms with Crippen LogP contribution < -0.4 is 11.2 Å². The summed E-state index contributed by atoms with van der Waals surface area (Å²) in [6, 6.07) is 0. The molecule has 1 N–H and O–H groups in total. The van der Waals surface area contributed by atoms with E-state index in [9.17, 15) is 14.2 Å². The Labute approximate surface area is 171 Å². The highest BCUT2D eigenvalue weighted by Crippen LogP contribution is 2.14. The predicted octanol–water partition coefficient (Wildman–Crippen LogP) is 2.36. The lowest BCUT2D eigenvalue weighted by atomic mass is 10.3. The maximum Gasteiger partial charge on any atom is 0.332 e. The summed E-state index contributed by atoms with van der Waals surface area (Å²) in [6.45, 7) is 9.39. The van der Waals surface area contributed by atoms with Crippen LogP contribution in [0.4, 0.5) is 0 Å². The lowest BCUT2D eigenvalue weighted by Crippen LogP contribution is -2.40. The SMILES string of the molecule is CCCC.CCOCn1cnc2c1c(=O)n(CCCCO[PH](=O)O)c(=O)n2CC. The van der Waals surface area contributed by atoms with Crippen LogP contribution in [0.2, 0.25) is 0 Å². The number of aromatic nitrogens is 4. The zero-order valence-electron chi connectivity index (χ0n) is 17.7. The number of unbranched alkanes of at least 4 members (excludes halogenated alkanes) is 2. The van der Waals surface area contributed by atoms with Gasteiger partial charge in [0.1, 0.15) is 6.73 Å². The van der Waals surface area contributed by atoms with E-state index in [1.54, 1.807) is 4.57 Å². The van der Waals surface area contributed by atoms with E-state index in [4.69, 9.17) is 9.63 Å². The number of imidazole rings is 1. The largest absolute Gasteiger partial charge is 0.361 e. The van der Waals surface area contributed by atoms with Crippen molar-refractivity contribution in [3.05, 3.63) is 27.2 Å². The molecule has 0 aromatic carbocycles. The van der Waals surface area contributed by atoms with Gasteiger partial charge in [0, 0.05) is 19.7 Å². The molecule has 0 bridgehead atoms. The highest BCUT2D eigenvalue weighted by molar-refractivity contribution is 7.32. The third-order valence-corrected chi connectivity index (χ3v) is 4.69. The van der Waals surface area contributed by atoms with Crippen molar-refractivity contribution in [2.24, 2.45) is 0 Å². The summed E-state index contributed by atoms with van der Waals surface area (Å²) >= 11 is 0. The summed E-state index contributed by atoms with van der Waals surface area (Å²) < 4.78 is 24.6. The van der Waals surface area contributed by atoms with Gasteiger partial charge in [0.05, 0.1) is 12.9 Å². The fraction of sp³-hybridized carbons (Fsp3) is 0.722. The van der Waals surface area contributed by atoms with Crippen molar-refractivity contribution >= 4 is 19.4 Å². The number of ether oxygens (including phenoxy) is 1. The van der Waals surface area contributed by atoms with Crippen LogP contribution in [0.15, 0.2) is 15.9 Å². The molecule has 166 valence electrons. The summed E-state index contributed by atoms with van der Waals surface area (Å²) in [5.41, 5.74) is -0.168. The van der Waals surface area contributed by atoms with Crippen molar-refractivity contribution in [1.82, 2.24) is 18.7 Å². The van der Waals surface area contributed by atoms with Crippen molar-refractivity contribution in [3.63, 3.8) is 0 Å². The molecule has 2 aromatic rings.